The highest BCUT2D eigenvalue weighted by Crippen LogP contribution is 2.32. The van der Waals surface area contributed by atoms with Crippen molar-refractivity contribution in [3.05, 3.63) is 65.1 Å². The maximum Gasteiger partial charge on any atom is 0.228 e. The Bertz CT molecular complexity index is 1080. The van der Waals surface area contributed by atoms with Gasteiger partial charge in [0.2, 0.25) is 6.29 Å². The second-order valence-corrected chi connectivity index (χ2v) is 7.54. The van der Waals surface area contributed by atoms with Crippen LogP contribution in [0.4, 0.5) is 13.2 Å². The van der Waals surface area contributed by atoms with E-state index in [2.05, 4.69) is 10.3 Å². The molecule has 3 aromatic rings. The summed E-state index contributed by atoms with van der Waals surface area (Å²) in [7, 11) is 0. The third-order valence-corrected chi connectivity index (χ3v) is 5.26. The van der Waals surface area contributed by atoms with Crippen LogP contribution in [-0.4, -0.2) is 61.5 Å². The molecule has 1 aliphatic rings. The van der Waals surface area contributed by atoms with Crippen molar-refractivity contribution in [2.24, 2.45) is 0 Å². The predicted molar refractivity (Wildman–Crippen MR) is 104 cm³/mol. The van der Waals surface area contributed by atoms with E-state index in [0.29, 0.717) is 10.8 Å². The van der Waals surface area contributed by atoms with Crippen LogP contribution in [0.5, 0.6) is 5.75 Å². The molecule has 5 atom stereocenters. The summed E-state index contributed by atoms with van der Waals surface area (Å²) in [4.78, 5) is 0. The number of halogens is 4. The summed E-state index contributed by atoms with van der Waals surface area (Å²) in [6, 6.07) is 6.49. The molecule has 1 fully saturated rings. The zero-order chi connectivity index (χ0) is 23.0. The molecule has 1 aromatic heterocycles. The van der Waals surface area contributed by atoms with Gasteiger partial charge < -0.3 is 24.8 Å². The zero-order valence-corrected chi connectivity index (χ0v) is 16.9. The van der Waals surface area contributed by atoms with Crippen LogP contribution >= 0.6 is 11.6 Å². The van der Waals surface area contributed by atoms with Crippen molar-refractivity contribution in [1.29, 1.82) is 0 Å². The molecule has 0 radical (unpaired) electrons. The van der Waals surface area contributed by atoms with Gasteiger partial charge in [-0.05, 0) is 36.4 Å². The summed E-state index contributed by atoms with van der Waals surface area (Å²) in [6.07, 6.45) is -4.16. The molecule has 170 valence electrons. The molecule has 1 saturated heterocycles. The van der Waals surface area contributed by atoms with Gasteiger partial charge in [0, 0.05) is 10.6 Å². The molecule has 4 rings (SSSR count). The highest BCUT2D eigenvalue weighted by Gasteiger charge is 2.47. The third kappa shape index (κ3) is 4.30. The highest BCUT2D eigenvalue weighted by atomic mass is 35.5. The van der Waals surface area contributed by atoms with Crippen molar-refractivity contribution >= 4 is 11.6 Å². The van der Waals surface area contributed by atoms with Crippen molar-refractivity contribution in [3.8, 4) is 17.0 Å². The lowest BCUT2D eigenvalue weighted by molar-refractivity contribution is -0.260. The minimum absolute atomic E-state index is 0.0376. The van der Waals surface area contributed by atoms with Crippen molar-refractivity contribution in [1.82, 2.24) is 15.0 Å². The first-order valence-corrected chi connectivity index (χ1v) is 9.77. The van der Waals surface area contributed by atoms with Gasteiger partial charge in [-0.3, -0.25) is 0 Å². The normalized spacial score (nSPS) is 25.7. The molecule has 32 heavy (non-hydrogen) atoms. The van der Waals surface area contributed by atoms with Crippen LogP contribution in [0.3, 0.4) is 0 Å². The predicted octanol–water partition coefficient (Wildman–Crippen LogP) is 2.07. The molecule has 0 saturated carbocycles. The van der Waals surface area contributed by atoms with E-state index in [1.54, 1.807) is 12.1 Å². The molecule has 0 amide bonds. The van der Waals surface area contributed by atoms with E-state index in [9.17, 15) is 28.5 Å². The molecule has 2 heterocycles. The average molecular weight is 472 g/mol. The first-order chi connectivity index (χ1) is 15.3. The Morgan fingerprint density at radius 3 is 2.34 bits per heavy atom. The van der Waals surface area contributed by atoms with Gasteiger partial charge in [0.05, 0.1) is 12.8 Å². The van der Waals surface area contributed by atoms with E-state index in [1.165, 1.54) is 18.3 Å². The Labute approximate surface area is 184 Å². The van der Waals surface area contributed by atoms with Crippen LogP contribution in [0.15, 0.2) is 42.6 Å². The number of benzene rings is 2. The molecule has 0 unspecified atom stereocenters. The molecule has 0 aliphatic carbocycles. The fraction of sp³-hybridized carbons (Fsp3) is 0.300. The third-order valence-electron chi connectivity index (χ3n) is 5.01. The standard InChI is InChI=1S/C20H17ClF3N3O5/c21-10-1-3-11(4-2-10)31-20-19(30)17(18(29)15(8-28)32-20)27-7-14(25-26-27)9-5-12(22)16(24)13(23)6-9/h1-7,15,17-20,28-30H,8H2/t15-,17+,18+,19-,20+/m1/s1. The van der Waals surface area contributed by atoms with Crippen LogP contribution in [0, 0.1) is 17.5 Å². The van der Waals surface area contributed by atoms with Crippen LogP contribution in [0.25, 0.3) is 11.3 Å². The van der Waals surface area contributed by atoms with Gasteiger partial charge >= 0.3 is 0 Å². The van der Waals surface area contributed by atoms with Crippen LogP contribution < -0.4 is 4.74 Å². The molecule has 0 bridgehead atoms. The van der Waals surface area contributed by atoms with Crippen LogP contribution in [0.1, 0.15) is 6.04 Å². The number of ether oxygens (including phenoxy) is 2. The van der Waals surface area contributed by atoms with Gasteiger partial charge in [0.1, 0.15) is 35.8 Å². The van der Waals surface area contributed by atoms with E-state index < -0.39 is 54.7 Å². The van der Waals surface area contributed by atoms with E-state index in [4.69, 9.17) is 21.1 Å². The quantitative estimate of drug-likeness (QED) is 0.489. The van der Waals surface area contributed by atoms with Crippen molar-refractivity contribution < 1.29 is 38.0 Å². The topological polar surface area (TPSA) is 110 Å². The number of hydrogen-bond donors (Lipinski definition) is 3. The summed E-state index contributed by atoms with van der Waals surface area (Å²) in [6.45, 7) is -0.596. The summed E-state index contributed by atoms with van der Waals surface area (Å²) in [5.41, 5.74) is -0.138. The second kappa shape index (κ2) is 9.04. The minimum Gasteiger partial charge on any atom is -0.462 e. The van der Waals surface area contributed by atoms with Gasteiger partial charge in [0.25, 0.3) is 0 Å². The number of aromatic nitrogens is 3. The monoisotopic (exact) mass is 471 g/mol. The summed E-state index contributed by atoms with van der Waals surface area (Å²) < 4.78 is 52.6. The Kier molecular flexibility index (Phi) is 6.35. The molecule has 2 aromatic carbocycles. The van der Waals surface area contributed by atoms with Crippen molar-refractivity contribution in [3.63, 3.8) is 0 Å². The molecule has 12 heteroatoms. The number of aliphatic hydroxyl groups excluding tert-OH is 3. The number of hydrogen-bond acceptors (Lipinski definition) is 7. The fourth-order valence-electron chi connectivity index (χ4n) is 3.38. The lowest BCUT2D eigenvalue weighted by Crippen LogP contribution is -2.57. The van der Waals surface area contributed by atoms with E-state index in [-0.39, 0.29) is 11.3 Å². The number of nitrogens with zero attached hydrogens (tertiary/aromatic N) is 3. The lowest BCUT2D eigenvalue weighted by atomic mass is 9.96. The molecular weight excluding hydrogens is 455 g/mol. The Balaban J connectivity index is 1.63. The van der Waals surface area contributed by atoms with Gasteiger partial charge in [-0.1, -0.05) is 16.8 Å². The maximum atomic E-state index is 13.6. The lowest BCUT2D eigenvalue weighted by Gasteiger charge is -2.41. The Morgan fingerprint density at radius 2 is 1.72 bits per heavy atom. The molecule has 8 nitrogen and oxygen atoms in total. The smallest absolute Gasteiger partial charge is 0.228 e. The van der Waals surface area contributed by atoms with Crippen LogP contribution in [0.2, 0.25) is 5.02 Å². The van der Waals surface area contributed by atoms with E-state index in [0.717, 1.165) is 16.8 Å². The Hall–Kier alpha value is -2.70. The maximum absolute atomic E-state index is 13.6. The second-order valence-electron chi connectivity index (χ2n) is 7.11. The highest BCUT2D eigenvalue weighted by molar-refractivity contribution is 6.30. The first-order valence-electron chi connectivity index (χ1n) is 9.40. The van der Waals surface area contributed by atoms with E-state index >= 15 is 0 Å². The summed E-state index contributed by atoms with van der Waals surface area (Å²) in [5.74, 6) is -4.12. The molecular formula is C20H17ClF3N3O5. The van der Waals surface area contributed by atoms with Gasteiger partial charge in [-0.15, -0.1) is 5.10 Å². The van der Waals surface area contributed by atoms with E-state index in [1.807, 2.05) is 0 Å². The average Bonchev–Trinajstić information content (AvgIpc) is 3.25. The number of aliphatic hydroxyl groups is 3. The first kappa shape index (κ1) is 22.5. The minimum atomic E-state index is -1.62. The summed E-state index contributed by atoms with van der Waals surface area (Å²) >= 11 is 5.84. The van der Waals surface area contributed by atoms with Gasteiger partial charge in [0.15, 0.2) is 17.5 Å². The molecule has 3 N–H and O–H groups in total. The molecule has 1 aliphatic heterocycles. The van der Waals surface area contributed by atoms with Crippen LogP contribution in [-0.2, 0) is 4.74 Å². The van der Waals surface area contributed by atoms with Crippen molar-refractivity contribution in [2.75, 3.05) is 6.61 Å². The number of rotatable bonds is 5. The molecule has 0 spiro atoms. The summed E-state index contributed by atoms with van der Waals surface area (Å²) in [5, 5.41) is 39.1. The van der Waals surface area contributed by atoms with Gasteiger partial charge in [-0.2, -0.15) is 0 Å². The largest absolute Gasteiger partial charge is 0.462 e. The zero-order valence-electron chi connectivity index (χ0n) is 16.1. The fourth-order valence-corrected chi connectivity index (χ4v) is 3.51. The van der Waals surface area contributed by atoms with Gasteiger partial charge in [-0.25, -0.2) is 17.9 Å². The Morgan fingerprint density at radius 1 is 1.06 bits per heavy atom. The van der Waals surface area contributed by atoms with Crippen molar-refractivity contribution in [2.45, 2.75) is 30.6 Å². The SMILES string of the molecule is OC[C@H]1O[C@H](Oc2ccc(Cl)cc2)[C@H](O)[C@@H](n2cc(-c3cc(F)c(F)c(F)c3)nn2)[C@H]1O.